The van der Waals surface area contributed by atoms with Crippen molar-refractivity contribution in [1.29, 1.82) is 0 Å². The van der Waals surface area contributed by atoms with E-state index < -0.39 is 0 Å². The Balaban J connectivity index is 1.87. The average molecular weight is 486 g/mol. The lowest BCUT2D eigenvalue weighted by atomic mass is 9.78. The Bertz CT molecular complexity index is 1010. The van der Waals surface area contributed by atoms with Gasteiger partial charge in [-0.2, -0.15) is 5.10 Å². The van der Waals surface area contributed by atoms with Crippen molar-refractivity contribution in [3.63, 3.8) is 0 Å². The summed E-state index contributed by atoms with van der Waals surface area (Å²) >= 11 is 3.39. The number of ether oxygens (including phenoxy) is 1. The van der Waals surface area contributed by atoms with Crippen molar-refractivity contribution in [2.24, 2.45) is 5.10 Å². The number of halogens is 1. The third-order valence-electron chi connectivity index (χ3n) is 5.96. The SMILES string of the molecule is COc1ccc(Br)cc1C(=O)N/N=C/c1cc2c(cc1C)N(C(C)C)C(C)(C)CC2C. The predicted molar refractivity (Wildman–Crippen MR) is 132 cm³/mol. The fourth-order valence-electron chi connectivity index (χ4n) is 4.81. The third-order valence-corrected chi connectivity index (χ3v) is 6.45. The van der Waals surface area contributed by atoms with E-state index in [1.54, 1.807) is 25.5 Å². The Morgan fingerprint density at radius 1 is 1.32 bits per heavy atom. The third kappa shape index (κ3) is 4.79. The molecule has 31 heavy (non-hydrogen) atoms. The van der Waals surface area contributed by atoms with Gasteiger partial charge in [0.1, 0.15) is 5.75 Å². The Labute approximate surface area is 194 Å². The molecular formula is C25H32BrN3O2. The van der Waals surface area contributed by atoms with Crippen molar-refractivity contribution < 1.29 is 9.53 Å². The van der Waals surface area contributed by atoms with Crippen LogP contribution in [0.25, 0.3) is 0 Å². The minimum absolute atomic E-state index is 0.111. The second kappa shape index (κ2) is 9.03. The first-order valence-corrected chi connectivity index (χ1v) is 11.4. The van der Waals surface area contributed by atoms with E-state index in [0.717, 1.165) is 22.0 Å². The summed E-state index contributed by atoms with van der Waals surface area (Å²) in [6.07, 6.45) is 2.82. The number of anilines is 1. The molecule has 1 heterocycles. The summed E-state index contributed by atoms with van der Waals surface area (Å²) in [6, 6.07) is 10.2. The van der Waals surface area contributed by atoms with Crippen LogP contribution in [0, 0.1) is 6.92 Å². The summed E-state index contributed by atoms with van der Waals surface area (Å²) in [5, 5.41) is 4.23. The first-order chi connectivity index (χ1) is 14.5. The summed E-state index contributed by atoms with van der Waals surface area (Å²) in [7, 11) is 1.54. The Kier molecular flexibility index (Phi) is 6.79. The molecule has 1 amide bonds. The quantitative estimate of drug-likeness (QED) is 0.415. The van der Waals surface area contributed by atoms with Gasteiger partial charge >= 0.3 is 0 Å². The molecular weight excluding hydrogens is 454 g/mol. The highest BCUT2D eigenvalue weighted by molar-refractivity contribution is 9.10. The molecule has 1 aliphatic rings. The fourth-order valence-corrected chi connectivity index (χ4v) is 5.17. The van der Waals surface area contributed by atoms with E-state index in [4.69, 9.17) is 4.74 Å². The first kappa shape index (κ1) is 23.3. The highest BCUT2D eigenvalue weighted by atomic mass is 79.9. The van der Waals surface area contributed by atoms with Crippen LogP contribution < -0.4 is 15.1 Å². The maximum atomic E-state index is 12.6. The number of hydrogen-bond donors (Lipinski definition) is 1. The molecule has 0 aliphatic carbocycles. The zero-order valence-corrected chi connectivity index (χ0v) is 21.0. The second-order valence-corrected chi connectivity index (χ2v) is 10.1. The molecule has 166 valence electrons. The molecule has 1 unspecified atom stereocenters. The van der Waals surface area contributed by atoms with Crippen LogP contribution in [0.3, 0.4) is 0 Å². The highest BCUT2D eigenvalue weighted by Crippen LogP contribution is 2.45. The summed E-state index contributed by atoms with van der Waals surface area (Å²) in [5.41, 5.74) is 7.95. The molecule has 0 spiro atoms. The van der Waals surface area contributed by atoms with Gasteiger partial charge in [-0.3, -0.25) is 4.79 Å². The molecule has 0 aromatic heterocycles. The minimum Gasteiger partial charge on any atom is -0.496 e. The molecule has 3 rings (SSSR count). The lowest BCUT2D eigenvalue weighted by Gasteiger charge is -2.50. The van der Waals surface area contributed by atoms with E-state index in [1.165, 1.54) is 11.3 Å². The monoisotopic (exact) mass is 485 g/mol. The number of amides is 1. The number of methoxy groups -OCH3 is 1. The van der Waals surface area contributed by atoms with Crippen LogP contribution in [0.5, 0.6) is 5.75 Å². The lowest BCUT2D eigenvalue weighted by Crippen LogP contribution is -2.51. The zero-order valence-electron chi connectivity index (χ0n) is 19.4. The van der Waals surface area contributed by atoms with Gasteiger partial charge in [0.15, 0.2) is 0 Å². The predicted octanol–water partition coefficient (Wildman–Crippen LogP) is 6.03. The van der Waals surface area contributed by atoms with Crippen molar-refractivity contribution in [1.82, 2.24) is 5.43 Å². The van der Waals surface area contributed by atoms with Crippen LogP contribution in [0.2, 0.25) is 0 Å². The number of benzene rings is 2. The second-order valence-electron chi connectivity index (χ2n) is 9.19. The number of nitrogens with one attached hydrogen (secondary N) is 1. The number of fused-ring (bicyclic) bond motifs is 1. The largest absolute Gasteiger partial charge is 0.496 e. The molecule has 1 N–H and O–H groups in total. The topological polar surface area (TPSA) is 53.9 Å². The smallest absolute Gasteiger partial charge is 0.275 e. The van der Waals surface area contributed by atoms with Crippen LogP contribution >= 0.6 is 15.9 Å². The number of nitrogens with zero attached hydrogens (tertiary/aromatic N) is 2. The van der Waals surface area contributed by atoms with Gasteiger partial charge in [-0.25, -0.2) is 5.43 Å². The van der Waals surface area contributed by atoms with E-state index >= 15 is 0 Å². The first-order valence-electron chi connectivity index (χ1n) is 10.7. The van der Waals surface area contributed by atoms with Crippen molar-refractivity contribution in [2.75, 3.05) is 12.0 Å². The molecule has 0 saturated carbocycles. The number of carbonyl (C=O) groups is 1. The summed E-state index contributed by atoms with van der Waals surface area (Å²) in [6.45, 7) is 13.5. The highest BCUT2D eigenvalue weighted by Gasteiger charge is 2.37. The van der Waals surface area contributed by atoms with Gasteiger partial charge in [0.2, 0.25) is 0 Å². The molecule has 0 saturated heterocycles. The van der Waals surface area contributed by atoms with Gasteiger partial charge in [0.25, 0.3) is 5.91 Å². The molecule has 2 aromatic rings. The minimum atomic E-state index is -0.314. The standard InChI is InChI=1S/C25H32BrN3O2/c1-15(2)29-22-10-16(3)18(11-20(22)17(4)13-25(29,5)6)14-27-28-24(30)21-12-19(26)8-9-23(21)31-7/h8-12,14-15,17H,13H2,1-7H3,(H,28,30)/b27-14+. The van der Waals surface area contributed by atoms with Crippen LogP contribution in [-0.4, -0.2) is 30.8 Å². The molecule has 1 aliphatic heterocycles. The number of aryl methyl sites for hydroxylation is 1. The summed E-state index contributed by atoms with van der Waals surface area (Å²) < 4.78 is 6.09. The molecule has 5 nitrogen and oxygen atoms in total. The Hall–Kier alpha value is -2.34. The van der Waals surface area contributed by atoms with E-state index in [0.29, 0.717) is 23.3 Å². The number of hydrogen-bond acceptors (Lipinski definition) is 4. The number of hydrazone groups is 1. The van der Waals surface area contributed by atoms with Crippen LogP contribution in [0.15, 0.2) is 39.9 Å². The zero-order chi connectivity index (χ0) is 22.9. The Morgan fingerprint density at radius 2 is 2.03 bits per heavy atom. The molecule has 1 atom stereocenters. The van der Waals surface area contributed by atoms with E-state index in [-0.39, 0.29) is 11.4 Å². The summed E-state index contributed by atoms with van der Waals surface area (Å²) in [5.74, 6) is 0.644. The normalized spacial score (nSPS) is 17.7. The van der Waals surface area contributed by atoms with Gasteiger partial charge < -0.3 is 9.64 Å². The van der Waals surface area contributed by atoms with Crippen LogP contribution in [-0.2, 0) is 0 Å². The number of carbonyl (C=O) groups excluding carboxylic acids is 1. The van der Waals surface area contributed by atoms with Crippen molar-refractivity contribution in [3.8, 4) is 5.75 Å². The molecule has 2 aromatic carbocycles. The van der Waals surface area contributed by atoms with Crippen molar-refractivity contribution in [2.45, 2.75) is 65.5 Å². The van der Waals surface area contributed by atoms with E-state index in [9.17, 15) is 4.79 Å². The van der Waals surface area contributed by atoms with E-state index in [2.05, 4.69) is 85.0 Å². The van der Waals surface area contributed by atoms with Gasteiger partial charge in [0, 0.05) is 21.7 Å². The van der Waals surface area contributed by atoms with Gasteiger partial charge in [-0.15, -0.1) is 0 Å². The molecule has 0 fully saturated rings. The van der Waals surface area contributed by atoms with Crippen LogP contribution in [0.1, 0.15) is 74.0 Å². The maximum Gasteiger partial charge on any atom is 0.275 e. The maximum absolute atomic E-state index is 12.6. The van der Waals surface area contributed by atoms with Crippen molar-refractivity contribution in [3.05, 3.63) is 57.1 Å². The molecule has 0 radical (unpaired) electrons. The molecule has 0 bridgehead atoms. The van der Waals surface area contributed by atoms with Crippen LogP contribution in [0.4, 0.5) is 5.69 Å². The molecule has 6 heteroatoms. The van der Waals surface area contributed by atoms with Gasteiger partial charge in [-0.1, -0.05) is 22.9 Å². The fraction of sp³-hybridized carbons (Fsp3) is 0.440. The van der Waals surface area contributed by atoms with Gasteiger partial charge in [0.05, 0.1) is 18.9 Å². The summed E-state index contributed by atoms with van der Waals surface area (Å²) in [4.78, 5) is 15.1. The lowest BCUT2D eigenvalue weighted by molar-refractivity contribution is 0.0952. The van der Waals surface area contributed by atoms with Gasteiger partial charge in [-0.05, 0) is 94.0 Å². The Morgan fingerprint density at radius 3 is 2.68 bits per heavy atom. The van der Waals surface area contributed by atoms with E-state index in [1.807, 2.05) is 6.07 Å². The average Bonchev–Trinajstić information content (AvgIpc) is 2.67. The van der Waals surface area contributed by atoms with Crippen molar-refractivity contribution >= 4 is 33.7 Å². The number of rotatable bonds is 5.